The number of nitrogens with two attached hydrogens (primary N) is 4. The van der Waals surface area contributed by atoms with E-state index >= 15 is 0 Å². The molecule has 238 valence electrons. The molecule has 10 nitrogen and oxygen atoms in total. The molecule has 0 amide bonds. The fourth-order valence-corrected chi connectivity index (χ4v) is 5.94. The van der Waals surface area contributed by atoms with Crippen molar-refractivity contribution in [1.82, 2.24) is 0 Å². The first-order chi connectivity index (χ1) is 19.3. The molecule has 11 N–H and O–H groups in total. The Hall–Kier alpha value is -0.400. The van der Waals surface area contributed by atoms with Gasteiger partial charge in [-0.2, -0.15) is 0 Å². The van der Waals surface area contributed by atoms with Crippen molar-refractivity contribution in [3.63, 3.8) is 0 Å². The zero-order valence-corrected chi connectivity index (χ0v) is 25.1. The third-order valence-corrected chi connectivity index (χ3v) is 8.65. The highest BCUT2D eigenvalue weighted by Gasteiger charge is 2.48. The van der Waals surface area contributed by atoms with Crippen LogP contribution in [0.5, 0.6) is 0 Å². The van der Waals surface area contributed by atoms with Gasteiger partial charge in [0.15, 0.2) is 6.29 Å². The fourth-order valence-electron chi connectivity index (χ4n) is 5.94. The van der Waals surface area contributed by atoms with Crippen LogP contribution in [0.15, 0.2) is 0 Å². The van der Waals surface area contributed by atoms with Crippen molar-refractivity contribution in [1.29, 1.82) is 0 Å². The Morgan fingerprint density at radius 3 is 1.65 bits per heavy atom. The maximum absolute atomic E-state index is 10.8. The van der Waals surface area contributed by atoms with Crippen molar-refractivity contribution >= 4 is 0 Å². The van der Waals surface area contributed by atoms with Gasteiger partial charge in [-0.15, -0.1) is 0 Å². The summed E-state index contributed by atoms with van der Waals surface area (Å²) in [5.74, 6) is 0. The number of aliphatic hydroxyl groups is 3. The Labute approximate surface area is 242 Å². The predicted octanol–water partition coefficient (Wildman–Crippen LogP) is 2.17. The van der Waals surface area contributed by atoms with Crippen LogP contribution in [0.1, 0.15) is 116 Å². The number of unbranched alkanes of at least 4 members (excludes halogenated alkanes) is 15. The molecule has 2 rings (SSSR count). The molecule has 10 heteroatoms. The largest absolute Gasteiger partial charge is 0.389 e. The normalized spacial score (nSPS) is 34.8. The van der Waals surface area contributed by atoms with Gasteiger partial charge in [0.2, 0.25) is 0 Å². The summed E-state index contributed by atoms with van der Waals surface area (Å²) >= 11 is 0. The molecule has 2 fully saturated rings. The van der Waals surface area contributed by atoms with Crippen LogP contribution in [0.25, 0.3) is 0 Å². The summed E-state index contributed by atoms with van der Waals surface area (Å²) in [7, 11) is 0. The third-order valence-electron chi connectivity index (χ3n) is 8.65. The molecule has 0 unspecified atom stereocenters. The van der Waals surface area contributed by atoms with E-state index in [1.807, 2.05) is 0 Å². The molecule has 0 aromatic rings. The second-order valence-corrected chi connectivity index (χ2v) is 12.1. The Morgan fingerprint density at radius 1 is 0.650 bits per heavy atom. The van der Waals surface area contributed by atoms with Crippen molar-refractivity contribution in [2.45, 2.75) is 177 Å². The molecule has 2 aliphatic rings. The van der Waals surface area contributed by atoms with Crippen molar-refractivity contribution in [3.8, 4) is 0 Å². The third kappa shape index (κ3) is 12.1. The fraction of sp³-hybridized carbons (Fsp3) is 1.00. The van der Waals surface area contributed by atoms with Gasteiger partial charge in [0.1, 0.15) is 30.5 Å². The van der Waals surface area contributed by atoms with Gasteiger partial charge in [0.25, 0.3) is 0 Å². The summed E-state index contributed by atoms with van der Waals surface area (Å²) in [6, 6.07) is -2.04. The van der Waals surface area contributed by atoms with Crippen LogP contribution in [0.2, 0.25) is 0 Å². The molecule has 1 aliphatic carbocycles. The predicted molar refractivity (Wildman–Crippen MR) is 158 cm³/mol. The van der Waals surface area contributed by atoms with E-state index in [0.29, 0.717) is 13.0 Å². The SMILES string of the molecule is CCCCCCCCCCCCCCCCCCO[C@@H]1[C@@H](O)[C@H](N)C[C@H](N)[C@H]1O[C@H]1O[C@H](CN)[C@@H](O)[C@H](O)[C@H]1N. The van der Waals surface area contributed by atoms with E-state index in [9.17, 15) is 15.3 Å². The molecule has 1 heterocycles. The maximum Gasteiger partial charge on any atom is 0.176 e. The van der Waals surface area contributed by atoms with Crippen LogP contribution in [0.4, 0.5) is 0 Å². The highest BCUT2D eigenvalue weighted by molar-refractivity contribution is 5.00. The van der Waals surface area contributed by atoms with Gasteiger partial charge < -0.3 is 52.5 Å². The Kier molecular flexibility index (Phi) is 18.3. The van der Waals surface area contributed by atoms with Crippen LogP contribution in [0, 0.1) is 0 Å². The molecule has 10 atom stereocenters. The van der Waals surface area contributed by atoms with Crippen molar-refractivity contribution < 1.29 is 29.5 Å². The molecule has 0 spiro atoms. The van der Waals surface area contributed by atoms with Crippen LogP contribution >= 0.6 is 0 Å². The highest BCUT2D eigenvalue weighted by atomic mass is 16.7. The van der Waals surface area contributed by atoms with Crippen LogP contribution in [0.3, 0.4) is 0 Å². The Balaban J connectivity index is 1.61. The molecule has 0 bridgehead atoms. The van der Waals surface area contributed by atoms with Gasteiger partial charge in [-0.25, -0.2) is 0 Å². The first kappa shape index (κ1) is 35.8. The minimum atomic E-state index is -1.26. The van der Waals surface area contributed by atoms with Crippen molar-refractivity contribution in [2.75, 3.05) is 13.2 Å². The van der Waals surface area contributed by atoms with E-state index in [-0.39, 0.29) is 6.54 Å². The molecular formula is C30H62N4O6. The molecular weight excluding hydrogens is 512 g/mol. The number of hydrogen-bond donors (Lipinski definition) is 7. The second kappa shape index (κ2) is 20.5. The average molecular weight is 575 g/mol. The summed E-state index contributed by atoms with van der Waals surface area (Å²) in [4.78, 5) is 0. The monoisotopic (exact) mass is 574 g/mol. The first-order valence-corrected chi connectivity index (χ1v) is 16.2. The molecule has 1 aliphatic heterocycles. The second-order valence-electron chi connectivity index (χ2n) is 12.1. The van der Waals surface area contributed by atoms with Crippen LogP contribution in [-0.2, 0) is 14.2 Å². The van der Waals surface area contributed by atoms with E-state index in [0.717, 1.165) is 12.8 Å². The lowest BCUT2D eigenvalue weighted by atomic mass is 9.84. The van der Waals surface area contributed by atoms with Gasteiger partial charge in [-0.05, 0) is 12.8 Å². The maximum atomic E-state index is 10.8. The van der Waals surface area contributed by atoms with E-state index in [4.69, 9.17) is 37.1 Å². The zero-order chi connectivity index (χ0) is 29.3. The number of aliphatic hydroxyl groups excluding tert-OH is 3. The lowest BCUT2D eigenvalue weighted by molar-refractivity contribution is -0.291. The number of hydrogen-bond acceptors (Lipinski definition) is 10. The zero-order valence-electron chi connectivity index (χ0n) is 25.1. The molecule has 0 radical (unpaired) electrons. The molecule has 1 saturated heterocycles. The summed E-state index contributed by atoms with van der Waals surface area (Å²) in [6.45, 7) is 2.72. The average Bonchev–Trinajstić information content (AvgIpc) is 2.94. The van der Waals surface area contributed by atoms with Crippen LogP contribution in [-0.4, -0.2) is 89.5 Å². The van der Waals surface area contributed by atoms with Crippen molar-refractivity contribution in [3.05, 3.63) is 0 Å². The summed E-state index contributed by atoms with van der Waals surface area (Å²) in [6.07, 6.45) is 14.3. The molecule has 1 saturated carbocycles. The van der Waals surface area contributed by atoms with Gasteiger partial charge >= 0.3 is 0 Å². The highest BCUT2D eigenvalue weighted by Crippen LogP contribution is 2.29. The summed E-state index contributed by atoms with van der Waals surface area (Å²) < 4.78 is 17.9. The van der Waals surface area contributed by atoms with E-state index in [2.05, 4.69) is 6.92 Å². The van der Waals surface area contributed by atoms with E-state index in [1.165, 1.54) is 89.9 Å². The van der Waals surface area contributed by atoms with Gasteiger partial charge in [0.05, 0.1) is 12.1 Å². The lowest BCUT2D eigenvalue weighted by Crippen LogP contribution is -2.67. The van der Waals surface area contributed by atoms with Crippen LogP contribution < -0.4 is 22.9 Å². The first-order valence-electron chi connectivity index (χ1n) is 16.2. The van der Waals surface area contributed by atoms with Gasteiger partial charge in [-0.1, -0.05) is 103 Å². The standard InChI is InChI=1S/C30H62N4O6/c1-2-3-4-5-6-7-8-9-10-11-12-13-14-15-16-17-18-38-29-25(35)21(32)19-22(33)28(29)40-30-24(34)27(37)26(36)23(20-31)39-30/h21-30,35-37H,2-20,31-34H2,1H3/t21-,22+,23-,24-,25+,26-,27-,28-,29-,30-/m1/s1. The Morgan fingerprint density at radius 2 is 1.15 bits per heavy atom. The van der Waals surface area contributed by atoms with Crippen molar-refractivity contribution in [2.24, 2.45) is 22.9 Å². The van der Waals surface area contributed by atoms with Gasteiger partial charge in [0, 0.05) is 25.2 Å². The molecule has 0 aromatic heterocycles. The summed E-state index contributed by atoms with van der Waals surface area (Å²) in [5.41, 5.74) is 24.2. The number of ether oxygens (including phenoxy) is 3. The minimum Gasteiger partial charge on any atom is -0.389 e. The Bertz CT molecular complexity index is 633. The molecule has 0 aromatic carbocycles. The number of rotatable bonds is 21. The summed E-state index contributed by atoms with van der Waals surface area (Å²) in [5, 5.41) is 31.2. The van der Waals surface area contributed by atoms with E-state index < -0.39 is 61.0 Å². The van der Waals surface area contributed by atoms with E-state index in [1.54, 1.807) is 0 Å². The minimum absolute atomic E-state index is 0.00575. The smallest absolute Gasteiger partial charge is 0.176 e. The quantitative estimate of drug-likeness (QED) is 0.0999. The lowest BCUT2D eigenvalue weighted by Gasteiger charge is -2.46. The molecule has 40 heavy (non-hydrogen) atoms. The van der Waals surface area contributed by atoms with Gasteiger partial charge in [-0.3, -0.25) is 0 Å². The topological polar surface area (TPSA) is 192 Å².